The number of aliphatic imine (C=N–C) groups is 1. The van der Waals surface area contributed by atoms with Crippen molar-refractivity contribution >= 4 is 5.96 Å². The molecule has 156 valence electrons. The van der Waals surface area contributed by atoms with E-state index in [0.29, 0.717) is 13.2 Å². The maximum absolute atomic E-state index is 13.4. The molecular weight excluding hydrogens is 357 g/mol. The van der Waals surface area contributed by atoms with Crippen molar-refractivity contribution in [3.05, 3.63) is 35.6 Å². The predicted octanol–water partition coefficient (Wildman–Crippen LogP) is 2.98. The molecule has 1 heterocycles. The molecule has 6 heteroatoms. The number of benzene rings is 1. The summed E-state index contributed by atoms with van der Waals surface area (Å²) in [5.41, 5.74) is 1.18. The van der Waals surface area contributed by atoms with Crippen LogP contribution in [0.15, 0.2) is 29.3 Å². The van der Waals surface area contributed by atoms with Crippen molar-refractivity contribution in [3.8, 4) is 0 Å². The number of aliphatic hydroxyl groups excluding tert-OH is 1. The Balaban J connectivity index is 1.69. The zero-order valence-corrected chi connectivity index (χ0v) is 17.0. The Morgan fingerprint density at radius 2 is 1.93 bits per heavy atom. The molecule has 2 fully saturated rings. The molecule has 5 nitrogen and oxygen atoms in total. The number of ether oxygens (including phenoxy) is 1. The molecule has 3 rings (SSSR count). The van der Waals surface area contributed by atoms with Crippen LogP contribution in [0, 0.1) is 11.2 Å². The van der Waals surface area contributed by atoms with Gasteiger partial charge in [0.1, 0.15) is 5.82 Å². The molecule has 0 amide bonds. The highest BCUT2D eigenvalue weighted by Gasteiger charge is 2.36. The lowest BCUT2D eigenvalue weighted by Crippen LogP contribution is -2.45. The first kappa shape index (κ1) is 21.1. The molecule has 1 aromatic rings. The van der Waals surface area contributed by atoms with Gasteiger partial charge < -0.3 is 20.5 Å². The van der Waals surface area contributed by atoms with Gasteiger partial charge in [-0.3, -0.25) is 4.99 Å². The molecule has 1 unspecified atom stereocenters. The fourth-order valence-corrected chi connectivity index (χ4v) is 4.55. The number of guanidine groups is 1. The van der Waals surface area contributed by atoms with E-state index in [1.54, 1.807) is 12.1 Å². The van der Waals surface area contributed by atoms with Gasteiger partial charge in [0, 0.05) is 37.1 Å². The first-order valence-corrected chi connectivity index (χ1v) is 10.6. The molecule has 0 spiro atoms. The van der Waals surface area contributed by atoms with E-state index in [9.17, 15) is 9.50 Å². The van der Waals surface area contributed by atoms with Crippen molar-refractivity contribution in [2.75, 3.05) is 39.5 Å². The average Bonchev–Trinajstić information content (AvgIpc) is 3.36. The molecule has 1 aromatic carbocycles. The molecule has 0 aromatic heterocycles. The van der Waals surface area contributed by atoms with Crippen molar-refractivity contribution in [3.63, 3.8) is 0 Å². The number of nitrogens with zero attached hydrogens (tertiary/aromatic N) is 1. The Morgan fingerprint density at radius 1 is 1.18 bits per heavy atom. The van der Waals surface area contributed by atoms with Crippen LogP contribution < -0.4 is 10.6 Å². The van der Waals surface area contributed by atoms with Crippen LogP contribution in [-0.4, -0.2) is 50.5 Å². The van der Waals surface area contributed by atoms with E-state index >= 15 is 0 Å². The quantitative estimate of drug-likeness (QED) is 0.471. The summed E-state index contributed by atoms with van der Waals surface area (Å²) >= 11 is 0. The number of hydrogen-bond acceptors (Lipinski definition) is 3. The highest BCUT2D eigenvalue weighted by atomic mass is 19.1. The summed E-state index contributed by atoms with van der Waals surface area (Å²) in [4.78, 5) is 4.83. The van der Waals surface area contributed by atoms with Crippen molar-refractivity contribution in [1.29, 1.82) is 0 Å². The second-order valence-electron chi connectivity index (χ2n) is 8.32. The lowest BCUT2D eigenvalue weighted by atomic mass is 9.79. The summed E-state index contributed by atoms with van der Waals surface area (Å²) in [7, 11) is 0. The molecule has 1 atom stereocenters. The summed E-state index contributed by atoms with van der Waals surface area (Å²) in [6.07, 6.45) is 6.26. The molecule has 0 radical (unpaired) electrons. The number of halogens is 1. The standard InChI is InChI=1S/C22H34FN3O2/c1-2-24-20(25-15-21(11-13-27)12-14-28-17-21)26-16-22(9-3-4-10-22)18-5-7-19(23)8-6-18/h5-8,27H,2-4,9-17H2,1H3,(H2,24,25,26). The Labute approximate surface area is 167 Å². The van der Waals surface area contributed by atoms with Gasteiger partial charge in [0.2, 0.25) is 0 Å². The Bertz CT molecular complexity index is 636. The first-order chi connectivity index (χ1) is 13.6. The summed E-state index contributed by atoms with van der Waals surface area (Å²) in [6.45, 7) is 5.85. The second kappa shape index (κ2) is 9.70. The molecule has 3 N–H and O–H groups in total. The minimum absolute atomic E-state index is 0.0309. The maximum atomic E-state index is 13.4. The molecule has 1 saturated carbocycles. The normalized spacial score (nSPS) is 24.5. The smallest absolute Gasteiger partial charge is 0.191 e. The maximum Gasteiger partial charge on any atom is 0.191 e. The molecule has 1 aliphatic heterocycles. The zero-order valence-electron chi connectivity index (χ0n) is 17.0. The third kappa shape index (κ3) is 5.03. The fraction of sp³-hybridized carbons (Fsp3) is 0.682. The Hall–Kier alpha value is -1.66. The van der Waals surface area contributed by atoms with E-state index in [1.165, 1.54) is 18.4 Å². The number of nitrogens with one attached hydrogen (secondary N) is 2. The van der Waals surface area contributed by atoms with Crippen LogP contribution in [0.4, 0.5) is 4.39 Å². The molecular formula is C22H34FN3O2. The average molecular weight is 392 g/mol. The fourth-order valence-electron chi connectivity index (χ4n) is 4.55. The van der Waals surface area contributed by atoms with Crippen LogP contribution in [-0.2, 0) is 10.2 Å². The molecule has 28 heavy (non-hydrogen) atoms. The zero-order chi connectivity index (χ0) is 19.9. The van der Waals surface area contributed by atoms with Crippen LogP contribution in [0.2, 0.25) is 0 Å². The van der Waals surface area contributed by atoms with Gasteiger partial charge in [-0.25, -0.2) is 4.39 Å². The van der Waals surface area contributed by atoms with E-state index < -0.39 is 0 Å². The second-order valence-corrected chi connectivity index (χ2v) is 8.32. The van der Waals surface area contributed by atoms with Crippen LogP contribution >= 0.6 is 0 Å². The third-order valence-electron chi connectivity index (χ3n) is 6.36. The van der Waals surface area contributed by atoms with Gasteiger partial charge in [-0.2, -0.15) is 0 Å². The highest BCUT2D eigenvalue weighted by Crippen LogP contribution is 2.40. The SMILES string of the molecule is CCNC(=NCC1(CCO)CCOC1)NCC1(c2ccc(F)cc2)CCCC1. The molecule has 2 aliphatic rings. The van der Waals surface area contributed by atoms with E-state index in [0.717, 1.165) is 51.3 Å². The number of hydrogen-bond donors (Lipinski definition) is 3. The van der Waals surface area contributed by atoms with E-state index in [1.807, 2.05) is 12.1 Å². The number of rotatable bonds is 8. The van der Waals surface area contributed by atoms with Crippen molar-refractivity contribution in [1.82, 2.24) is 10.6 Å². The van der Waals surface area contributed by atoms with E-state index in [-0.39, 0.29) is 23.3 Å². The minimum Gasteiger partial charge on any atom is -0.396 e. The van der Waals surface area contributed by atoms with E-state index in [2.05, 4.69) is 17.6 Å². The van der Waals surface area contributed by atoms with Gasteiger partial charge in [-0.05, 0) is 50.3 Å². The van der Waals surface area contributed by atoms with Crippen LogP contribution in [0.5, 0.6) is 0 Å². The first-order valence-electron chi connectivity index (χ1n) is 10.6. The van der Waals surface area contributed by atoms with Gasteiger partial charge in [0.05, 0.1) is 13.2 Å². The summed E-state index contributed by atoms with van der Waals surface area (Å²) < 4.78 is 19.0. The molecule has 0 bridgehead atoms. The van der Waals surface area contributed by atoms with E-state index in [4.69, 9.17) is 9.73 Å². The largest absolute Gasteiger partial charge is 0.396 e. The van der Waals surface area contributed by atoms with Gasteiger partial charge in [-0.1, -0.05) is 25.0 Å². The third-order valence-corrected chi connectivity index (χ3v) is 6.36. The molecule has 1 aliphatic carbocycles. The van der Waals surface area contributed by atoms with Crippen molar-refractivity contribution in [2.24, 2.45) is 10.4 Å². The van der Waals surface area contributed by atoms with Gasteiger partial charge in [-0.15, -0.1) is 0 Å². The van der Waals surface area contributed by atoms with Gasteiger partial charge in [0.25, 0.3) is 0 Å². The van der Waals surface area contributed by atoms with Crippen molar-refractivity contribution in [2.45, 2.75) is 50.9 Å². The van der Waals surface area contributed by atoms with Crippen LogP contribution in [0.3, 0.4) is 0 Å². The lowest BCUT2D eigenvalue weighted by molar-refractivity contribution is 0.131. The highest BCUT2D eigenvalue weighted by molar-refractivity contribution is 5.80. The van der Waals surface area contributed by atoms with Gasteiger partial charge >= 0.3 is 0 Å². The van der Waals surface area contributed by atoms with Crippen molar-refractivity contribution < 1.29 is 14.2 Å². The Morgan fingerprint density at radius 3 is 2.54 bits per heavy atom. The summed E-state index contributed by atoms with van der Waals surface area (Å²) in [5.74, 6) is 0.618. The topological polar surface area (TPSA) is 65.9 Å². The minimum atomic E-state index is -0.187. The van der Waals surface area contributed by atoms with Crippen LogP contribution in [0.1, 0.15) is 51.0 Å². The van der Waals surface area contributed by atoms with Gasteiger partial charge in [0.15, 0.2) is 5.96 Å². The number of aliphatic hydroxyl groups is 1. The monoisotopic (exact) mass is 391 g/mol. The Kier molecular flexibility index (Phi) is 7.30. The van der Waals surface area contributed by atoms with Crippen LogP contribution in [0.25, 0.3) is 0 Å². The summed E-state index contributed by atoms with van der Waals surface area (Å²) in [5, 5.41) is 16.3. The lowest BCUT2D eigenvalue weighted by Gasteiger charge is -2.31. The predicted molar refractivity (Wildman–Crippen MR) is 110 cm³/mol. The summed E-state index contributed by atoms with van der Waals surface area (Å²) in [6, 6.07) is 6.98. The molecule has 1 saturated heterocycles.